The van der Waals surface area contributed by atoms with Crippen LogP contribution in [0.4, 0.5) is 11.8 Å². The summed E-state index contributed by atoms with van der Waals surface area (Å²) in [7, 11) is 1.86. The minimum Gasteiger partial charge on any atom is -0.368 e. The van der Waals surface area contributed by atoms with Crippen molar-refractivity contribution in [1.82, 2.24) is 25.1 Å². The lowest BCUT2D eigenvalue weighted by Crippen LogP contribution is -2.50. The summed E-state index contributed by atoms with van der Waals surface area (Å²) >= 11 is 0. The Morgan fingerprint density at radius 1 is 1.44 bits per heavy atom. The minimum atomic E-state index is 0.298. The molecule has 18 heavy (non-hydrogen) atoms. The van der Waals surface area contributed by atoms with Gasteiger partial charge in [-0.05, 0) is 6.92 Å². The molecule has 1 aliphatic rings. The second-order valence-electron chi connectivity index (χ2n) is 4.66. The lowest BCUT2D eigenvalue weighted by Gasteiger charge is -2.35. The molecule has 0 bridgehead atoms. The normalized spacial score (nSPS) is 20.6. The number of nitrogens with two attached hydrogens (primary N) is 1. The number of piperazine rings is 1. The Morgan fingerprint density at radius 3 is 3.06 bits per heavy atom. The molecule has 0 aromatic carbocycles. The first-order valence-corrected chi connectivity index (χ1v) is 6.09. The first-order valence-electron chi connectivity index (χ1n) is 6.09. The van der Waals surface area contributed by atoms with E-state index in [-0.39, 0.29) is 0 Å². The summed E-state index contributed by atoms with van der Waals surface area (Å²) in [4.78, 5) is 10.9. The van der Waals surface area contributed by atoms with Crippen LogP contribution in [0, 0.1) is 0 Å². The molecule has 1 atom stereocenters. The van der Waals surface area contributed by atoms with Crippen LogP contribution in [0.25, 0.3) is 11.0 Å². The number of hydrogen-bond acceptors (Lipinski definition) is 6. The monoisotopic (exact) mass is 247 g/mol. The third-order valence-corrected chi connectivity index (χ3v) is 3.36. The van der Waals surface area contributed by atoms with E-state index in [1.54, 1.807) is 10.9 Å². The molecule has 0 amide bonds. The van der Waals surface area contributed by atoms with E-state index < -0.39 is 0 Å². The molecule has 0 aliphatic carbocycles. The van der Waals surface area contributed by atoms with Crippen LogP contribution >= 0.6 is 0 Å². The highest BCUT2D eigenvalue weighted by atomic mass is 15.3. The second-order valence-corrected chi connectivity index (χ2v) is 4.66. The molecule has 2 aromatic heterocycles. The van der Waals surface area contributed by atoms with Gasteiger partial charge in [0.2, 0.25) is 5.95 Å². The average Bonchev–Trinajstić information content (AvgIpc) is 2.71. The van der Waals surface area contributed by atoms with Crippen molar-refractivity contribution < 1.29 is 0 Å². The van der Waals surface area contributed by atoms with Crippen molar-refractivity contribution in [2.45, 2.75) is 13.0 Å². The van der Waals surface area contributed by atoms with Gasteiger partial charge in [0.1, 0.15) is 5.82 Å². The molecule has 0 spiro atoms. The van der Waals surface area contributed by atoms with Crippen molar-refractivity contribution in [3.05, 3.63) is 6.20 Å². The molecule has 3 heterocycles. The fourth-order valence-electron chi connectivity index (χ4n) is 2.40. The van der Waals surface area contributed by atoms with Crippen molar-refractivity contribution in [3.63, 3.8) is 0 Å². The average molecular weight is 247 g/mol. The quantitative estimate of drug-likeness (QED) is 0.722. The van der Waals surface area contributed by atoms with Gasteiger partial charge >= 0.3 is 0 Å². The smallest absolute Gasteiger partial charge is 0.224 e. The van der Waals surface area contributed by atoms with Gasteiger partial charge in [-0.15, -0.1) is 0 Å². The number of hydrogen-bond donors (Lipinski definition) is 2. The zero-order valence-corrected chi connectivity index (χ0v) is 10.6. The molecular formula is C11H17N7. The number of aryl methyl sites for hydroxylation is 1. The molecule has 96 valence electrons. The zero-order chi connectivity index (χ0) is 12.7. The second kappa shape index (κ2) is 4.09. The molecule has 3 rings (SSSR count). The van der Waals surface area contributed by atoms with Gasteiger partial charge in [-0.2, -0.15) is 15.1 Å². The summed E-state index contributed by atoms with van der Waals surface area (Å²) < 4.78 is 1.73. The van der Waals surface area contributed by atoms with E-state index in [9.17, 15) is 0 Å². The Bertz CT molecular complexity index is 576. The maximum Gasteiger partial charge on any atom is 0.224 e. The van der Waals surface area contributed by atoms with Crippen LogP contribution in [-0.2, 0) is 7.05 Å². The number of fused-ring (bicyclic) bond motifs is 1. The number of nitrogen functional groups attached to an aromatic ring is 1. The van der Waals surface area contributed by atoms with E-state index in [4.69, 9.17) is 5.73 Å². The molecule has 0 saturated carbocycles. The Balaban J connectivity index is 2.15. The standard InChI is InChI=1S/C11H17N7/c1-7-5-13-3-4-18(7)10-8-6-14-17(2)9(8)15-11(12)16-10/h6-7,13H,3-5H2,1-2H3,(H2,12,15,16)/t7-/m1/s1. The maximum atomic E-state index is 5.80. The van der Waals surface area contributed by atoms with Crippen LogP contribution in [0.1, 0.15) is 6.92 Å². The van der Waals surface area contributed by atoms with Gasteiger partial charge in [-0.25, -0.2) is 0 Å². The van der Waals surface area contributed by atoms with Gasteiger partial charge in [-0.3, -0.25) is 4.68 Å². The number of rotatable bonds is 1. The Morgan fingerprint density at radius 2 is 2.28 bits per heavy atom. The molecule has 7 heteroatoms. The van der Waals surface area contributed by atoms with Gasteiger partial charge in [0.05, 0.1) is 11.6 Å². The van der Waals surface area contributed by atoms with Crippen molar-refractivity contribution in [2.75, 3.05) is 30.3 Å². The van der Waals surface area contributed by atoms with Crippen molar-refractivity contribution in [1.29, 1.82) is 0 Å². The van der Waals surface area contributed by atoms with Crippen molar-refractivity contribution in [3.8, 4) is 0 Å². The molecular weight excluding hydrogens is 230 g/mol. The van der Waals surface area contributed by atoms with E-state index in [1.807, 2.05) is 7.05 Å². The summed E-state index contributed by atoms with van der Waals surface area (Å²) in [6, 6.07) is 0.386. The highest BCUT2D eigenvalue weighted by Gasteiger charge is 2.23. The molecule has 0 radical (unpaired) electrons. The SMILES string of the molecule is C[C@@H]1CNCCN1c1nc(N)nc2c1cnn2C. The predicted molar refractivity (Wildman–Crippen MR) is 70.4 cm³/mol. The molecule has 1 saturated heterocycles. The van der Waals surface area contributed by atoms with Crippen LogP contribution < -0.4 is 16.0 Å². The van der Waals surface area contributed by atoms with Crippen molar-refractivity contribution in [2.24, 2.45) is 7.05 Å². The molecule has 7 nitrogen and oxygen atoms in total. The summed E-state index contributed by atoms with van der Waals surface area (Å²) in [5, 5.41) is 8.56. The fourth-order valence-corrected chi connectivity index (χ4v) is 2.40. The fraction of sp³-hybridized carbons (Fsp3) is 0.545. The van der Waals surface area contributed by atoms with Crippen molar-refractivity contribution >= 4 is 22.8 Å². The topological polar surface area (TPSA) is 84.9 Å². The third-order valence-electron chi connectivity index (χ3n) is 3.36. The maximum absolute atomic E-state index is 5.80. The van der Waals surface area contributed by atoms with E-state index in [0.717, 1.165) is 36.5 Å². The van der Waals surface area contributed by atoms with E-state index in [1.165, 1.54) is 0 Å². The van der Waals surface area contributed by atoms with Gasteiger partial charge in [0.15, 0.2) is 5.65 Å². The number of aromatic nitrogens is 4. The van der Waals surface area contributed by atoms with E-state index in [0.29, 0.717) is 12.0 Å². The zero-order valence-electron chi connectivity index (χ0n) is 10.6. The van der Waals surface area contributed by atoms with Crippen LogP contribution in [0.2, 0.25) is 0 Å². The predicted octanol–water partition coefficient (Wildman–Crippen LogP) is -0.256. The largest absolute Gasteiger partial charge is 0.368 e. The molecule has 3 N–H and O–H groups in total. The molecule has 0 unspecified atom stereocenters. The summed E-state index contributed by atoms with van der Waals surface area (Å²) in [6.45, 7) is 5.00. The van der Waals surface area contributed by atoms with Crippen LogP contribution in [0.3, 0.4) is 0 Å². The minimum absolute atomic E-state index is 0.298. The van der Waals surface area contributed by atoms with Gasteiger partial charge in [0, 0.05) is 32.7 Å². The highest BCUT2D eigenvalue weighted by molar-refractivity contribution is 5.88. The Labute approximate surface area is 105 Å². The summed E-state index contributed by atoms with van der Waals surface area (Å²) in [5.74, 6) is 1.19. The summed E-state index contributed by atoms with van der Waals surface area (Å²) in [6.07, 6.45) is 1.80. The number of nitrogens with zero attached hydrogens (tertiary/aromatic N) is 5. The van der Waals surface area contributed by atoms with Gasteiger partial charge in [0.25, 0.3) is 0 Å². The van der Waals surface area contributed by atoms with Crippen LogP contribution in [0.15, 0.2) is 6.20 Å². The third kappa shape index (κ3) is 1.67. The lowest BCUT2D eigenvalue weighted by atomic mass is 10.2. The molecule has 1 fully saturated rings. The number of anilines is 2. The highest BCUT2D eigenvalue weighted by Crippen LogP contribution is 2.26. The Kier molecular flexibility index (Phi) is 2.55. The molecule has 2 aromatic rings. The van der Waals surface area contributed by atoms with Crippen LogP contribution in [0.5, 0.6) is 0 Å². The first kappa shape index (κ1) is 11.2. The Hall–Kier alpha value is -1.89. The van der Waals surface area contributed by atoms with E-state index in [2.05, 4.69) is 32.2 Å². The van der Waals surface area contributed by atoms with Gasteiger partial charge < -0.3 is 16.0 Å². The van der Waals surface area contributed by atoms with Gasteiger partial charge in [-0.1, -0.05) is 0 Å². The van der Waals surface area contributed by atoms with E-state index >= 15 is 0 Å². The first-order chi connectivity index (χ1) is 8.66. The number of nitrogens with one attached hydrogen (secondary N) is 1. The molecule has 1 aliphatic heterocycles. The van der Waals surface area contributed by atoms with Crippen LogP contribution in [-0.4, -0.2) is 45.4 Å². The summed E-state index contributed by atoms with van der Waals surface area (Å²) in [5.41, 5.74) is 6.58. The lowest BCUT2D eigenvalue weighted by molar-refractivity contribution is 0.498.